The molecule has 5 nitrogen and oxygen atoms in total. The van der Waals surface area contributed by atoms with Crippen molar-refractivity contribution in [3.8, 4) is 0 Å². The summed E-state index contributed by atoms with van der Waals surface area (Å²) in [5.74, 6) is -0.110. The van der Waals surface area contributed by atoms with E-state index in [0.717, 1.165) is 5.56 Å². The quantitative estimate of drug-likeness (QED) is 0.506. The van der Waals surface area contributed by atoms with Crippen LogP contribution in [0.4, 0.5) is 5.69 Å². The molecule has 0 aromatic heterocycles. The smallest absolute Gasteiger partial charge is 0.330 e. The molecule has 1 unspecified atom stereocenters. The van der Waals surface area contributed by atoms with Crippen molar-refractivity contribution in [3.05, 3.63) is 71.8 Å². The average Bonchev–Trinajstić information content (AvgIpc) is 2.68. The molecule has 0 heterocycles. The van der Waals surface area contributed by atoms with Gasteiger partial charge in [0.25, 0.3) is 0 Å². The number of anilines is 1. The van der Waals surface area contributed by atoms with Gasteiger partial charge in [-0.25, -0.2) is 4.79 Å². The Labute approximate surface area is 166 Å². The van der Waals surface area contributed by atoms with Crippen LogP contribution in [0.5, 0.6) is 0 Å². The molecule has 0 radical (unpaired) electrons. The number of carbonyl (C=O) groups excluding carboxylic acids is 2. The maximum atomic E-state index is 12.3. The molecular formula is C23H28N2O3. The Balaban J connectivity index is 1.88. The van der Waals surface area contributed by atoms with Crippen LogP contribution in [0.1, 0.15) is 37.9 Å². The Bertz CT molecular complexity index is 783. The summed E-state index contributed by atoms with van der Waals surface area (Å²) in [6.45, 7) is 6.60. The number of nitrogens with one attached hydrogen (secondary N) is 2. The molecule has 148 valence electrons. The van der Waals surface area contributed by atoms with Crippen LogP contribution >= 0.6 is 0 Å². The summed E-state index contributed by atoms with van der Waals surface area (Å²) >= 11 is 0. The van der Waals surface area contributed by atoms with Crippen LogP contribution in [0.15, 0.2) is 60.7 Å². The second-order valence-electron chi connectivity index (χ2n) is 6.77. The number of ether oxygens (including phenoxy) is 1. The lowest BCUT2D eigenvalue weighted by molar-refractivity contribution is -0.137. The van der Waals surface area contributed by atoms with E-state index in [1.807, 2.05) is 30.3 Å². The van der Waals surface area contributed by atoms with Crippen LogP contribution in [0.25, 0.3) is 6.08 Å². The number of hydrogen-bond acceptors (Lipinski definition) is 4. The fourth-order valence-electron chi connectivity index (χ4n) is 2.84. The summed E-state index contributed by atoms with van der Waals surface area (Å²) in [5, 5.41) is 6.22. The third-order valence-electron chi connectivity index (χ3n) is 4.20. The molecular weight excluding hydrogens is 352 g/mol. The monoisotopic (exact) mass is 380 g/mol. The van der Waals surface area contributed by atoms with Crippen molar-refractivity contribution in [3.63, 3.8) is 0 Å². The molecule has 0 aliphatic heterocycles. The fourth-order valence-corrected chi connectivity index (χ4v) is 2.84. The Kier molecular flexibility index (Phi) is 8.43. The van der Waals surface area contributed by atoms with Crippen molar-refractivity contribution in [1.29, 1.82) is 0 Å². The zero-order valence-electron chi connectivity index (χ0n) is 16.6. The molecule has 0 saturated heterocycles. The first-order chi connectivity index (χ1) is 13.5. The molecule has 1 atom stereocenters. The SMILES string of the molecule is CCOC(=O)C=Cc1ccc(NC(=O)CNC(c2ccccc2)C(C)C)cc1. The van der Waals surface area contributed by atoms with Gasteiger partial charge in [-0.2, -0.15) is 0 Å². The van der Waals surface area contributed by atoms with Gasteiger partial charge < -0.3 is 15.4 Å². The molecule has 0 bridgehead atoms. The molecule has 0 fully saturated rings. The van der Waals surface area contributed by atoms with E-state index in [1.165, 1.54) is 11.6 Å². The molecule has 0 saturated carbocycles. The Morgan fingerprint density at radius 3 is 2.32 bits per heavy atom. The third-order valence-corrected chi connectivity index (χ3v) is 4.20. The highest BCUT2D eigenvalue weighted by molar-refractivity contribution is 5.92. The summed E-state index contributed by atoms with van der Waals surface area (Å²) in [7, 11) is 0. The minimum absolute atomic E-state index is 0.101. The highest BCUT2D eigenvalue weighted by Crippen LogP contribution is 2.21. The zero-order chi connectivity index (χ0) is 20.4. The lowest BCUT2D eigenvalue weighted by atomic mass is 9.96. The van der Waals surface area contributed by atoms with Crippen LogP contribution in [-0.2, 0) is 14.3 Å². The van der Waals surface area contributed by atoms with E-state index in [9.17, 15) is 9.59 Å². The lowest BCUT2D eigenvalue weighted by Gasteiger charge is -2.22. The van der Waals surface area contributed by atoms with E-state index in [1.54, 1.807) is 25.1 Å². The van der Waals surface area contributed by atoms with Gasteiger partial charge in [0.05, 0.1) is 13.2 Å². The first kappa shape index (κ1) is 21.4. The predicted molar refractivity (Wildman–Crippen MR) is 113 cm³/mol. The van der Waals surface area contributed by atoms with Crippen molar-refractivity contribution in [2.75, 3.05) is 18.5 Å². The van der Waals surface area contributed by atoms with Crippen molar-refractivity contribution in [2.24, 2.45) is 5.92 Å². The highest BCUT2D eigenvalue weighted by atomic mass is 16.5. The molecule has 2 aromatic rings. The van der Waals surface area contributed by atoms with Crippen LogP contribution in [0.3, 0.4) is 0 Å². The van der Waals surface area contributed by atoms with Gasteiger partial charge in [-0.15, -0.1) is 0 Å². The predicted octanol–water partition coefficient (Wildman–Crippen LogP) is 4.19. The zero-order valence-corrected chi connectivity index (χ0v) is 16.6. The molecule has 2 rings (SSSR count). The summed E-state index contributed by atoms with van der Waals surface area (Å²) < 4.78 is 4.85. The molecule has 0 aliphatic carbocycles. The van der Waals surface area contributed by atoms with E-state index in [-0.39, 0.29) is 24.5 Å². The van der Waals surface area contributed by atoms with Crippen molar-refractivity contribution < 1.29 is 14.3 Å². The number of carbonyl (C=O) groups is 2. The summed E-state index contributed by atoms with van der Waals surface area (Å²) in [6.07, 6.45) is 3.06. The van der Waals surface area contributed by atoms with E-state index in [0.29, 0.717) is 18.2 Å². The summed E-state index contributed by atoms with van der Waals surface area (Å²) in [6, 6.07) is 17.5. The van der Waals surface area contributed by atoms with Crippen molar-refractivity contribution >= 4 is 23.6 Å². The number of hydrogen-bond donors (Lipinski definition) is 2. The van der Waals surface area contributed by atoms with E-state index < -0.39 is 0 Å². The Hall–Kier alpha value is -2.92. The van der Waals surface area contributed by atoms with E-state index in [2.05, 4.69) is 36.6 Å². The van der Waals surface area contributed by atoms with Crippen molar-refractivity contribution in [2.45, 2.75) is 26.8 Å². The highest BCUT2D eigenvalue weighted by Gasteiger charge is 2.16. The first-order valence-electron chi connectivity index (χ1n) is 9.52. The number of esters is 1. The number of rotatable bonds is 9. The normalized spacial score (nSPS) is 12.1. The summed E-state index contributed by atoms with van der Waals surface area (Å²) in [4.78, 5) is 23.6. The Morgan fingerprint density at radius 2 is 1.71 bits per heavy atom. The van der Waals surface area contributed by atoms with Crippen molar-refractivity contribution in [1.82, 2.24) is 5.32 Å². The largest absolute Gasteiger partial charge is 0.463 e. The van der Waals surface area contributed by atoms with Gasteiger partial charge in [0.15, 0.2) is 0 Å². The lowest BCUT2D eigenvalue weighted by Crippen LogP contribution is -2.33. The van der Waals surface area contributed by atoms with Gasteiger partial charge in [-0.1, -0.05) is 56.3 Å². The standard InChI is InChI=1S/C23H28N2O3/c1-4-28-22(27)15-12-18-10-13-20(14-11-18)25-21(26)16-24-23(17(2)3)19-8-6-5-7-9-19/h5-15,17,23-24H,4,16H2,1-3H3,(H,25,26). The van der Waals surface area contributed by atoms with Gasteiger partial charge in [-0.3, -0.25) is 4.79 Å². The summed E-state index contributed by atoms with van der Waals surface area (Å²) in [5.41, 5.74) is 2.73. The van der Waals surface area contributed by atoms with Gasteiger partial charge in [0.2, 0.25) is 5.91 Å². The van der Waals surface area contributed by atoms with Gasteiger partial charge >= 0.3 is 5.97 Å². The van der Waals surface area contributed by atoms with Crippen LogP contribution < -0.4 is 10.6 Å². The molecule has 2 N–H and O–H groups in total. The maximum absolute atomic E-state index is 12.3. The van der Waals surface area contributed by atoms with Gasteiger partial charge in [0, 0.05) is 17.8 Å². The minimum Gasteiger partial charge on any atom is -0.463 e. The molecule has 5 heteroatoms. The fraction of sp³-hybridized carbons (Fsp3) is 0.304. The van der Waals surface area contributed by atoms with Crippen LogP contribution in [0.2, 0.25) is 0 Å². The topological polar surface area (TPSA) is 67.4 Å². The van der Waals surface area contributed by atoms with Gasteiger partial charge in [0.1, 0.15) is 0 Å². The molecule has 2 aromatic carbocycles. The first-order valence-corrected chi connectivity index (χ1v) is 9.52. The van der Waals surface area contributed by atoms with E-state index in [4.69, 9.17) is 4.74 Å². The van der Waals surface area contributed by atoms with Crippen LogP contribution in [0, 0.1) is 5.92 Å². The third kappa shape index (κ3) is 7.00. The second-order valence-corrected chi connectivity index (χ2v) is 6.77. The minimum atomic E-state index is -0.371. The molecule has 0 aliphatic rings. The van der Waals surface area contributed by atoms with E-state index >= 15 is 0 Å². The Morgan fingerprint density at radius 1 is 1.04 bits per heavy atom. The molecule has 28 heavy (non-hydrogen) atoms. The van der Waals surface area contributed by atoms with Crippen LogP contribution in [-0.4, -0.2) is 25.0 Å². The molecule has 0 spiro atoms. The number of amides is 1. The number of benzene rings is 2. The van der Waals surface area contributed by atoms with Gasteiger partial charge in [-0.05, 0) is 42.2 Å². The maximum Gasteiger partial charge on any atom is 0.330 e. The molecule has 1 amide bonds. The second kappa shape index (κ2) is 11.0. The average molecular weight is 380 g/mol.